The zero-order valence-corrected chi connectivity index (χ0v) is 36.4. The van der Waals surface area contributed by atoms with Crippen molar-refractivity contribution in [1.82, 2.24) is 30.2 Å². The van der Waals surface area contributed by atoms with Gasteiger partial charge in [0.2, 0.25) is 5.91 Å². The van der Waals surface area contributed by atoms with E-state index < -0.39 is 0 Å². The van der Waals surface area contributed by atoms with Crippen LogP contribution in [0.2, 0.25) is 0 Å². The molecule has 0 spiro atoms. The largest absolute Gasteiger partial charge is 0.497 e. The highest BCUT2D eigenvalue weighted by molar-refractivity contribution is 5.99. The Hall–Kier alpha value is -8.31. The minimum Gasteiger partial charge on any atom is -0.497 e. The maximum Gasteiger partial charge on any atom is 0.224 e. The molecule has 2 aliphatic heterocycles. The molecular weight excluding hydrogens is 809 g/mol. The number of aryl methyl sites for hydroxylation is 2. The summed E-state index contributed by atoms with van der Waals surface area (Å²) in [5, 5.41) is 2.99. The summed E-state index contributed by atoms with van der Waals surface area (Å²) in [4.78, 5) is 33.8. The predicted molar refractivity (Wildman–Crippen MR) is 257 cm³/mol. The Labute approximate surface area is 376 Å². The first-order valence-corrected chi connectivity index (χ1v) is 21.7. The van der Waals surface area contributed by atoms with Crippen molar-refractivity contribution < 1.29 is 23.4 Å². The molecule has 4 N–H and O–H groups in total. The molecule has 2 aromatic carbocycles. The summed E-state index contributed by atoms with van der Waals surface area (Å²) in [5.41, 5.74) is 15.9. The third-order valence-electron chi connectivity index (χ3n) is 11.7. The number of amides is 1. The van der Waals surface area contributed by atoms with Gasteiger partial charge in [-0.1, -0.05) is 24.3 Å². The number of carbonyl (C=O) groups is 1. The van der Waals surface area contributed by atoms with Gasteiger partial charge in [0.25, 0.3) is 0 Å². The van der Waals surface area contributed by atoms with Crippen molar-refractivity contribution in [2.75, 3.05) is 20.3 Å². The van der Waals surface area contributed by atoms with E-state index >= 15 is 0 Å². The molecule has 320 valence electrons. The molecule has 11 heteroatoms. The number of ether oxygens (including phenoxy) is 2. The molecule has 0 saturated carbocycles. The smallest absolute Gasteiger partial charge is 0.224 e. The van der Waals surface area contributed by atoms with Crippen LogP contribution in [-0.4, -0.2) is 51.1 Å². The van der Waals surface area contributed by atoms with Crippen molar-refractivity contribution in [1.29, 1.82) is 0 Å². The number of fused-ring (bicyclic) bond motifs is 8. The SMILES string of the molecule is COc1ccc(-c2c3nc(c(-c4cc[n+](C)cc4)c4ccc([nH]4)c(-c4ccc(OCCCNC(=O)Cc5cc[nH]c5)cc4)c4nc(c(-c5cc[n+](C)cc5)c5ccc2[nH]5)C=C4)C=C3)cc1. The number of methoxy groups -OCH3 is 1. The number of pyridine rings is 2. The number of H-pyrrole nitrogens is 3. The first kappa shape index (κ1) is 40.7. The predicted octanol–water partition coefficient (Wildman–Crippen LogP) is 9.44. The van der Waals surface area contributed by atoms with E-state index in [1.165, 1.54) is 0 Å². The molecule has 1 amide bonds. The summed E-state index contributed by atoms with van der Waals surface area (Å²) in [6, 6.07) is 35.2. The molecule has 10 rings (SSSR count). The van der Waals surface area contributed by atoms with E-state index in [0.717, 1.165) is 106 Å². The fraction of sp³-hybridized carbons (Fsp3) is 0.130. The molecule has 0 radical (unpaired) electrons. The molecule has 0 fully saturated rings. The van der Waals surface area contributed by atoms with Gasteiger partial charge in [0.05, 0.1) is 42.9 Å². The number of hydrogen-bond donors (Lipinski definition) is 4. The number of carbonyl (C=O) groups excluding carboxylic acids is 1. The van der Waals surface area contributed by atoms with Crippen LogP contribution in [0, 0.1) is 0 Å². The molecule has 0 saturated heterocycles. The van der Waals surface area contributed by atoms with Crippen molar-refractivity contribution in [3.63, 3.8) is 0 Å². The highest BCUT2D eigenvalue weighted by Crippen LogP contribution is 2.38. The van der Waals surface area contributed by atoms with Crippen molar-refractivity contribution in [2.45, 2.75) is 12.8 Å². The molecular formula is C54H48N8O3+2. The molecule has 11 nitrogen and oxygen atoms in total. The molecule has 8 bridgehead atoms. The lowest BCUT2D eigenvalue weighted by Crippen LogP contribution is -2.26. The van der Waals surface area contributed by atoms with Gasteiger partial charge in [-0.05, 0) is 113 Å². The van der Waals surface area contributed by atoms with Crippen LogP contribution in [0.5, 0.6) is 11.5 Å². The molecule has 65 heavy (non-hydrogen) atoms. The van der Waals surface area contributed by atoms with Crippen LogP contribution < -0.4 is 23.9 Å². The monoisotopic (exact) mass is 856 g/mol. The highest BCUT2D eigenvalue weighted by Gasteiger charge is 2.20. The van der Waals surface area contributed by atoms with E-state index in [1.54, 1.807) is 7.11 Å². The molecule has 0 aliphatic carbocycles. The second kappa shape index (κ2) is 17.8. The average Bonchev–Trinajstić information content (AvgIpc) is 4.20. The Bertz CT molecular complexity index is 3210. The van der Waals surface area contributed by atoms with Crippen LogP contribution in [0.15, 0.2) is 140 Å². The zero-order chi connectivity index (χ0) is 44.3. The molecule has 8 heterocycles. The number of nitrogens with zero attached hydrogens (tertiary/aromatic N) is 4. The Balaban J connectivity index is 1.13. The zero-order valence-electron chi connectivity index (χ0n) is 36.4. The van der Waals surface area contributed by atoms with Gasteiger partial charge in [0, 0.05) is 87.5 Å². The quantitative estimate of drug-likeness (QED) is 0.0720. The first-order chi connectivity index (χ1) is 31.9. The fourth-order valence-electron chi connectivity index (χ4n) is 8.44. The fourth-order valence-corrected chi connectivity index (χ4v) is 8.44. The van der Waals surface area contributed by atoms with Gasteiger partial charge >= 0.3 is 0 Å². The van der Waals surface area contributed by atoms with Gasteiger partial charge in [-0.2, -0.15) is 0 Å². The lowest BCUT2D eigenvalue weighted by atomic mass is 10.0. The van der Waals surface area contributed by atoms with Gasteiger partial charge < -0.3 is 29.7 Å². The van der Waals surface area contributed by atoms with Gasteiger partial charge in [0.1, 0.15) is 25.6 Å². The topological polar surface area (TPSA) is 128 Å². The Morgan fingerprint density at radius 3 is 1.42 bits per heavy atom. The second-order valence-corrected chi connectivity index (χ2v) is 16.2. The van der Waals surface area contributed by atoms with Crippen LogP contribution in [0.1, 0.15) is 34.8 Å². The summed E-state index contributed by atoms with van der Waals surface area (Å²) < 4.78 is 15.8. The first-order valence-electron chi connectivity index (χ1n) is 21.7. The van der Waals surface area contributed by atoms with Crippen LogP contribution in [-0.2, 0) is 25.3 Å². The van der Waals surface area contributed by atoms with Gasteiger partial charge in [-0.3, -0.25) is 4.79 Å². The van der Waals surface area contributed by atoms with Crippen LogP contribution in [0.25, 0.3) is 90.9 Å². The number of benzene rings is 2. The summed E-state index contributed by atoms with van der Waals surface area (Å²) in [6.07, 6.45) is 21.4. The number of nitrogens with one attached hydrogen (secondary N) is 4. The van der Waals surface area contributed by atoms with Crippen molar-refractivity contribution in [3.05, 3.63) is 169 Å². The summed E-state index contributed by atoms with van der Waals surface area (Å²) in [6.45, 7) is 1.01. The van der Waals surface area contributed by atoms with Crippen molar-refractivity contribution in [2.24, 2.45) is 14.1 Å². The van der Waals surface area contributed by atoms with Crippen LogP contribution in [0.3, 0.4) is 0 Å². The number of hydrogen-bond acceptors (Lipinski definition) is 5. The normalized spacial score (nSPS) is 11.8. The minimum absolute atomic E-state index is 0.00651. The Morgan fingerprint density at radius 1 is 0.569 bits per heavy atom. The maximum absolute atomic E-state index is 12.3. The van der Waals surface area contributed by atoms with Gasteiger partial charge in [-0.25, -0.2) is 19.1 Å². The molecule has 0 unspecified atom stereocenters. The second-order valence-electron chi connectivity index (χ2n) is 16.2. The number of aromatic nitrogens is 7. The van der Waals surface area contributed by atoms with E-state index in [2.05, 4.69) is 142 Å². The molecule has 0 atom stereocenters. The lowest BCUT2D eigenvalue weighted by molar-refractivity contribution is -0.671. The average molecular weight is 857 g/mol. The number of rotatable bonds is 12. The standard InChI is InChI=1S/C54H46N8O3/c1-61-28-22-38(23-29-61)53-46-17-13-42(57-46)51(36-5-9-40(64-3)10-6-36)43-14-18-47(58-43)54(39-24-30-62(2)31-25-39)49-20-16-45(60-49)52(44-15-19-48(53)59-44)37-7-11-41(12-8-37)65-32-4-26-56-50(63)33-35-21-27-55-34-35/h5-25,27-31,34,55H,4,26,32-33H2,1-3H3,(H-,56,57,58,59,60,63)/p+2. The molecule has 6 aromatic heterocycles. The summed E-state index contributed by atoms with van der Waals surface area (Å²) in [7, 11) is 5.72. The Kier molecular flexibility index (Phi) is 11.2. The number of aromatic amines is 3. The summed E-state index contributed by atoms with van der Waals surface area (Å²) >= 11 is 0. The summed E-state index contributed by atoms with van der Waals surface area (Å²) in [5.74, 6) is 1.52. The molecule has 8 aromatic rings. The highest BCUT2D eigenvalue weighted by atomic mass is 16.5. The van der Waals surface area contributed by atoms with Gasteiger partial charge in [0.15, 0.2) is 24.8 Å². The lowest BCUT2D eigenvalue weighted by Gasteiger charge is -2.09. The van der Waals surface area contributed by atoms with E-state index in [1.807, 2.05) is 66.0 Å². The van der Waals surface area contributed by atoms with E-state index in [0.29, 0.717) is 26.0 Å². The van der Waals surface area contributed by atoms with E-state index in [9.17, 15) is 4.79 Å². The van der Waals surface area contributed by atoms with Crippen molar-refractivity contribution in [3.8, 4) is 56.0 Å². The molecule has 2 aliphatic rings. The maximum atomic E-state index is 12.3. The van der Waals surface area contributed by atoms with E-state index in [-0.39, 0.29) is 5.91 Å². The van der Waals surface area contributed by atoms with E-state index in [4.69, 9.17) is 19.4 Å². The third-order valence-corrected chi connectivity index (χ3v) is 11.7. The van der Waals surface area contributed by atoms with Gasteiger partial charge in [-0.15, -0.1) is 0 Å². The van der Waals surface area contributed by atoms with Crippen molar-refractivity contribution >= 4 is 52.3 Å². The van der Waals surface area contributed by atoms with Crippen LogP contribution in [0.4, 0.5) is 0 Å². The third kappa shape index (κ3) is 8.59. The Morgan fingerprint density at radius 2 is 1.00 bits per heavy atom. The van der Waals surface area contributed by atoms with Crippen LogP contribution >= 0.6 is 0 Å². The minimum atomic E-state index is -0.00651.